The summed E-state index contributed by atoms with van der Waals surface area (Å²) < 4.78 is 23.1. The van der Waals surface area contributed by atoms with Gasteiger partial charge in [-0.05, 0) is 63.8 Å². The number of halogens is 1. The van der Waals surface area contributed by atoms with E-state index < -0.39 is 11.7 Å². The number of morpholine rings is 1. The van der Waals surface area contributed by atoms with Crippen LogP contribution in [0.3, 0.4) is 0 Å². The van der Waals surface area contributed by atoms with Gasteiger partial charge in [0.05, 0.1) is 42.8 Å². The first-order valence-corrected chi connectivity index (χ1v) is 14.1. The van der Waals surface area contributed by atoms with Crippen LogP contribution in [-0.4, -0.2) is 61.8 Å². The number of anilines is 3. The maximum Gasteiger partial charge on any atom is 0.416 e. The van der Waals surface area contributed by atoms with E-state index in [1.54, 1.807) is 18.2 Å². The fourth-order valence-electron chi connectivity index (χ4n) is 4.49. The van der Waals surface area contributed by atoms with Crippen LogP contribution in [-0.2, 0) is 36.9 Å². The number of nitrogens with one attached hydrogen (secondary N) is 1. The number of carbonyl (C=O) groups excluding carboxylic acids is 2. The molecule has 1 N–H and O–H groups in total. The summed E-state index contributed by atoms with van der Waals surface area (Å²) in [7, 11) is 0. The Bertz CT molecular complexity index is 1180. The van der Waals surface area contributed by atoms with Gasteiger partial charge in [0, 0.05) is 38.4 Å². The topological polar surface area (TPSA) is 102 Å². The van der Waals surface area contributed by atoms with Crippen molar-refractivity contribution >= 4 is 40.8 Å². The lowest BCUT2D eigenvalue weighted by Gasteiger charge is -2.31. The fraction of sp³-hybridized carbons (Fsp3) is 0.552. The van der Waals surface area contributed by atoms with Gasteiger partial charge in [0.25, 0.3) is 0 Å². The normalized spacial score (nSPS) is 17.8. The number of benzene rings is 1. The van der Waals surface area contributed by atoms with Gasteiger partial charge < -0.3 is 29.2 Å². The highest BCUT2D eigenvalue weighted by molar-refractivity contribution is 6.33. The highest BCUT2D eigenvalue weighted by Gasteiger charge is 2.27. The predicted octanol–water partition coefficient (Wildman–Crippen LogP) is 5.51. The SMILES string of the molecule is CC(=O)Nc1cc(CN(C(=O)OC(C)(C)C)c2cc(N3CCOCC3)cc(COC3CCCCO3)n2)ccc1Cl. The zero-order chi connectivity index (χ0) is 28.7. The van der Waals surface area contributed by atoms with Crippen molar-refractivity contribution < 1.29 is 28.5 Å². The lowest BCUT2D eigenvalue weighted by atomic mass is 10.1. The highest BCUT2D eigenvalue weighted by Crippen LogP contribution is 2.29. The van der Waals surface area contributed by atoms with Gasteiger partial charge in [0.2, 0.25) is 5.91 Å². The number of hydrogen-bond acceptors (Lipinski definition) is 8. The molecule has 0 bridgehead atoms. The van der Waals surface area contributed by atoms with Gasteiger partial charge in [-0.1, -0.05) is 17.7 Å². The Kier molecular flexibility index (Phi) is 10.2. The molecule has 40 heavy (non-hydrogen) atoms. The van der Waals surface area contributed by atoms with E-state index in [1.807, 2.05) is 32.9 Å². The van der Waals surface area contributed by atoms with Crippen LogP contribution in [0.4, 0.5) is 22.0 Å². The number of ether oxygens (including phenoxy) is 4. The van der Waals surface area contributed by atoms with Crippen molar-refractivity contribution in [2.45, 2.75) is 72.0 Å². The second-order valence-corrected chi connectivity index (χ2v) is 11.4. The molecule has 11 heteroatoms. The van der Waals surface area contributed by atoms with Gasteiger partial charge >= 0.3 is 6.09 Å². The first-order valence-electron chi connectivity index (χ1n) is 13.7. The minimum absolute atomic E-state index is 0.143. The van der Waals surface area contributed by atoms with Crippen LogP contribution in [0.5, 0.6) is 0 Å². The van der Waals surface area contributed by atoms with Gasteiger partial charge in [-0.25, -0.2) is 9.78 Å². The molecule has 1 aromatic carbocycles. The van der Waals surface area contributed by atoms with E-state index in [2.05, 4.69) is 10.2 Å². The van der Waals surface area contributed by atoms with Crippen LogP contribution in [0.2, 0.25) is 5.02 Å². The second-order valence-electron chi connectivity index (χ2n) is 10.9. The molecule has 4 rings (SSSR count). The van der Waals surface area contributed by atoms with E-state index in [-0.39, 0.29) is 25.3 Å². The van der Waals surface area contributed by atoms with E-state index in [0.29, 0.717) is 42.0 Å². The molecular formula is C29H39ClN4O6. The predicted molar refractivity (Wildman–Crippen MR) is 154 cm³/mol. The second kappa shape index (κ2) is 13.6. The van der Waals surface area contributed by atoms with E-state index in [9.17, 15) is 9.59 Å². The Morgan fingerprint density at radius 3 is 2.60 bits per heavy atom. The summed E-state index contributed by atoms with van der Waals surface area (Å²) in [6.07, 6.45) is 2.12. The highest BCUT2D eigenvalue weighted by atomic mass is 35.5. The Labute approximate surface area is 240 Å². The van der Waals surface area contributed by atoms with Crippen molar-refractivity contribution in [3.63, 3.8) is 0 Å². The Balaban J connectivity index is 1.69. The van der Waals surface area contributed by atoms with Gasteiger partial charge in [0.1, 0.15) is 11.4 Å². The van der Waals surface area contributed by atoms with Crippen molar-refractivity contribution in [3.05, 3.63) is 46.6 Å². The molecule has 2 aliphatic rings. The molecule has 0 aliphatic carbocycles. The number of carbonyl (C=O) groups is 2. The average Bonchev–Trinajstić information content (AvgIpc) is 2.92. The van der Waals surface area contributed by atoms with Crippen LogP contribution in [0.15, 0.2) is 30.3 Å². The third-order valence-electron chi connectivity index (χ3n) is 6.35. The van der Waals surface area contributed by atoms with Crippen LogP contribution in [0, 0.1) is 0 Å². The van der Waals surface area contributed by atoms with E-state index in [4.69, 9.17) is 35.5 Å². The summed E-state index contributed by atoms with van der Waals surface area (Å²) in [5.74, 6) is 0.187. The number of hydrogen-bond donors (Lipinski definition) is 1. The number of nitrogens with zero attached hydrogens (tertiary/aromatic N) is 3. The monoisotopic (exact) mass is 574 g/mol. The zero-order valence-corrected chi connectivity index (χ0v) is 24.5. The Morgan fingerprint density at radius 2 is 1.93 bits per heavy atom. The molecule has 2 saturated heterocycles. The zero-order valence-electron chi connectivity index (χ0n) is 23.7. The summed E-state index contributed by atoms with van der Waals surface area (Å²) in [5.41, 5.74) is 2.08. The number of pyridine rings is 1. The molecular weight excluding hydrogens is 536 g/mol. The largest absolute Gasteiger partial charge is 0.443 e. The van der Waals surface area contributed by atoms with Crippen molar-refractivity contribution in [3.8, 4) is 0 Å². The Hall–Kier alpha value is -2.92. The first kappa shape index (κ1) is 30.0. The minimum Gasteiger partial charge on any atom is -0.443 e. The summed E-state index contributed by atoms with van der Waals surface area (Å²) in [5, 5.41) is 3.14. The fourth-order valence-corrected chi connectivity index (χ4v) is 4.65. The third kappa shape index (κ3) is 8.79. The number of aromatic nitrogens is 1. The van der Waals surface area contributed by atoms with E-state index in [0.717, 1.165) is 43.6 Å². The smallest absolute Gasteiger partial charge is 0.416 e. The van der Waals surface area contributed by atoms with Crippen LogP contribution in [0.1, 0.15) is 58.2 Å². The van der Waals surface area contributed by atoms with Crippen molar-refractivity contribution in [2.75, 3.05) is 48.0 Å². The van der Waals surface area contributed by atoms with Crippen molar-refractivity contribution in [1.82, 2.24) is 4.98 Å². The molecule has 0 saturated carbocycles. The third-order valence-corrected chi connectivity index (χ3v) is 6.68. The van der Waals surface area contributed by atoms with Crippen LogP contribution >= 0.6 is 11.6 Å². The van der Waals surface area contributed by atoms with E-state index >= 15 is 0 Å². The standard InChI is InChI=1S/C29H39ClN4O6/c1-20(35)31-25-15-21(8-9-24(25)30)18-34(28(36)40-29(2,3)4)26-17-23(33-10-13-37-14-11-33)16-22(32-26)19-39-27-7-5-6-12-38-27/h8-9,15-17,27H,5-7,10-14,18-19H2,1-4H3,(H,31,35). The van der Waals surface area contributed by atoms with Crippen LogP contribution < -0.4 is 15.1 Å². The van der Waals surface area contributed by atoms with E-state index in [1.165, 1.54) is 11.8 Å². The van der Waals surface area contributed by atoms with Crippen molar-refractivity contribution in [2.24, 2.45) is 0 Å². The van der Waals surface area contributed by atoms with Gasteiger partial charge in [-0.3, -0.25) is 9.69 Å². The van der Waals surface area contributed by atoms with Gasteiger partial charge in [-0.2, -0.15) is 0 Å². The first-order chi connectivity index (χ1) is 19.1. The molecule has 1 atom stereocenters. The maximum atomic E-state index is 13.6. The van der Waals surface area contributed by atoms with Gasteiger partial charge in [-0.15, -0.1) is 0 Å². The molecule has 2 aliphatic heterocycles. The van der Waals surface area contributed by atoms with Crippen LogP contribution in [0.25, 0.3) is 0 Å². The molecule has 2 fully saturated rings. The molecule has 1 unspecified atom stereocenters. The molecule has 1 aromatic heterocycles. The minimum atomic E-state index is -0.719. The molecule has 0 spiro atoms. The maximum absolute atomic E-state index is 13.6. The number of amides is 2. The van der Waals surface area contributed by atoms with Gasteiger partial charge in [0.15, 0.2) is 6.29 Å². The molecule has 2 aromatic rings. The Morgan fingerprint density at radius 1 is 1.15 bits per heavy atom. The number of rotatable bonds is 8. The molecule has 2 amide bonds. The quantitative estimate of drug-likeness (QED) is 0.440. The molecule has 3 heterocycles. The molecule has 10 nitrogen and oxygen atoms in total. The molecule has 218 valence electrons. The summed E-state index contributed by atoms with van der Waals surface area (Å²) in [4.78, 5) is 33.8. The lowest BCUT2D eigenvalue weighted by molar-refractivity contribution is -0.169. The van der Waals surface area contributed by atoms with Crippen molar-refractivity contribution in [1.29, 1.82) is 0 Å². The summed E-state index contributed by atoms with van der Waals surface area (Å²) >= 11 is 6.30. The average molecular weight is 575 g/mol. The summed E-state index contributed by atoms with van der Waals surface area (Å²) in [6, 6.07) is 9.12. The lowest BCUT2D eigenvalue weighted by Crippen LogP contribution is -2.38. The molecule has 0 radical (unpaired) electrons. The summed E-state index contributed by atoms with van der Waals surface area (Å²) in [6.45, 7) is 10.6.